The van der Waals surface area contributed by atoms with Gasteiger partial charge in [-0.15, -0.1) is 0 Å². The molecule has 0 radical (unpaired) electrons. The number of hydrogen-bond acceptors (Lipinski definition) is 4. The molecule has 182 valence electrons. The Labute approximate surface area is 212 Å². The van der Waals surface area contributed by atoms with E-state index in [1.807, 2.05) is 19.1 Å². The van der Waals surface area contributed by atoms with Gasteiger partial charge in [0.15, 0.2) is 0 Å². The van der Waals surface area contributed by atoms with Crippen LogP contribution in [0.3, 0.4) is 0 Å². The van der Waals surface area contributed by atoms with E-state index >= 15 is 0 Å². The third kappa shape index (κ3) is 5.54. The van der Waals surface area contributed by atoms with Crippen molar-refractivity contribution in [3.05, 3.63) is 120 Å². The molecular formula is C29H26NO4PS. The topological polar surface area (TPSA) is 63.7 Å². The van der Waals surface area contributed by atoms with Gasteiger partial charge in [-0.25, -0.2) is 12.7 Å². The van der Waals surface area contributed by atoms with Crippen molar-refractivity contribution < 1.29 is 17.7 Å². The van der Waals surface area contributed by atoms with Gasteiger partial charge in [0.05, 0.1) is 18.6 Å². The monoisotopic (exact) mass is 515 g/mol. The molecule has 0 unspecified atom stereocenters. The van der Waals surface area contributed by atoms with Gasteiger partial charge in [-0.1, -0.05) is 90.5 Å². The van der Waals surface area contributed by atoms with Gasteiger partial charge in [0, 0.05) is 16.7 Å². The van der Waals surface area contributed by atoms with E-state index in [1.165, 1.54) is 0 Å². The molecule has 4 aromatic carbocycles. The minimum absolute atomic E-state index is 0.0171. The Kier molecular flexibility index (Phi) is 7.64. The van der Waals surface area contributed by atoms with E-state index in [0.29, 0.717) is 16.4 Å². The first kappa shape index (κ1) is 25.3. The fourth-order valence-electron chi connectivity index (χ4n) is 3.60. The molecule has 0 amide bonds. The second kappa shape index (κ2) is 10.9. The van der Waals surface area contributed by atoms with E-state index in [9.17, 15) is 13.0 Å². The summed E-state index contributed by atoms with van der Waals surface area (Å²) in [6, 6.07) is 34.4. The predicted molar refractivity (Wildman–Crippen MR) is 144 cm³/mol. The summed E-state index contributed by atoms with van der Waals surface area (Å²) in [6.07, 6.45) is 0. The molecule has 36 heavy (non-hydrogen) atoms. The standard InChI is InChI=1S/C29H26NO4PS/c1-24-13-19-29(20-14-24)36(32,33)30(23-25-15-17-26(34-2)18-16-25)21-22-35(31,27-9-5-3-6-10-27)28-11-7-4-8-12-28/h3-20H,23H2,1-2H3. The van der Waals surface area contributed by atoms with Crippen molar-refractivity contribution in [2.75, 3.05) is 7.11 Å². The van der Waals surface area contributed by atoms with E-state index in [4.69, 9.17) is 4.74 Å². The number of methoxy groups -OCH3 is 1. The first-order valence-corrected chi connectivity index (χ1v) is 14.4. The van der Waals surface area contributed by atoms with E-state index in [1.54, 1.807) is 104 Å². The van der Waals surface area contributed by atoms with Gasteiger partial charge in [0.2, 0.25) is 7.14 Å². The Bertz CT molecular complexity index is 1480. The minimum atomic E-state index is -4.01. The highest BCUT2D eigenvalue weighted by Crippen LogP contribution is 2.42. The van der Waals surface area contributed by atoms with Gasteiger partial charge in [0.25, 0.3) is 10.0 Å². The number of hydrogen-bond donors (Lipinski definition) is 0. The summed E-state index contributed by atoms with van der Waals surface area (Å²) in [5.74, 6) is 0.662. The van der Waals surface area contributed by atoms with Crippen molar-refractivity contribution in [3.8, 4) is 17.5 Å². The minimum Gasteiger partial charge on any atom is -0.497 e. The summed E-state index contributed by atoms with van der Waals surface area (Å²) >= 11 is 0. The third-order valence-corrected chi connectivity index (χ3v) is 9.80. The Morgan fingerprint density at radius 3 is 1.81 bits per heavy atom. The van der Waals surface area contributed by atoms with Crippen LogP contribution in [0.15, 0.2) is 114 Å². The quantitative estimate of drug-likeness (QED) is 0.195. The Morgan fingerprint density at radius 1 is 0.778 bits per heavy atom. The Balaban J connectivity index is 1.83. The van der Waals surface area contributed by atoms with Crippen LogP contribution in [0.2, 0.25) is 0 Å². The largest absolute Gasteiger partial charge is 0.497 e. The molecule has 0 fully saturated rings. The third-order valence-electron chi connectivity index (χ3n) is 5.67. The molecule has 0 aliphatic carbocycles. The van der Waals surface area contributed by atoms with Crippen molar-refractivity contribution in [2.24, 2.45) is 0 Å². The van der Waals surface area contributed by atoms with Crippen molar-refractivity contribution in [3.63, 3.8) is 0 Å². The van der Waals surface area contributed by atoms with Gasteiger partial charge in [-0.2, -0.15) is 0 Å². The van der Waals surface area contributed by atoms with Gasteiger partial charge in [0.1, 0.15) is 5.75 Å². The van der Waals surface area contributed by atoms with Gasteiger partial charge in [-0.05, 0) is 42.4 Å². The molecule has 4 aromatic rings. The molecule has 4 rings (SSSR count). The molecule has 0 atom stereocenters. The van der Waals surface area contributed by atoms with Crippen molar-refractivity contribution in [2.45, 2.75) is 18.4 Å². The van der Waals surface area contributed by atoms with Crippen LogP contribution in [0.5, 0.6) is 5.75 Å². The lowest BCUT2D eigenvalue weighted by atomic mass is 10.2. The van der Waals surface area contributed by atoms with E-state index < -0.39 is 17.2 Å². The van der Waals surface area contributed by atoms with Crippen molar-refractivity contribution in [1.82, 2.24) is 4.31 Å². The zero-order chi connectivity index (χ0) is 25.6. The highest BCUT2D eigenvalue weighted by Gasteiger charge is 2.27. The fourth-order valence-corrected chi connectivity index (χ4v) is 6.89. The van der Waals surface area contributed by atoms with Crippen LogP contribution in [0, 0.1) is 18.6 Å². The maximum atomic E-state index is 14.4. The number of rotatable bonds is 7. The lowest BCUT2D eigenvalue weighted by molar-refractivity contribution is 0.414. The summed E-state index contributed by atoms with van der Waals surface area (Å²) in [6.45, 7) is 1.87. The summed E-state index contributed by atoms with van der Waals surface area (Å²) in [5, 5.41) is 1.08. The average molecular weight is 516 g/mol. The number of benzene rings is 4. The smallest absolute Gasteiger partial charge is 0.271 e. The first-order valence-electron chi connectivity index (χ1n) is 11.3. The SMILES string of the molecule is COc1ccc(CN(C#CP(=O)(c2ccccc2)c2ccccc2)S(=O)(=O)c2ccc(C)cc2)cc1. The molecule has 0 aliphatic rings. The fraction of sp³-hybridized carbons (Fsp3) is 0.103. The number of aryl methyl sites for hydroxylation is 1. The first-order chi connectivity index (χ1) is 17.3. The van der Waals surface area contributed by atoms with Crippen LogP contribution in [-0.4, -0.2) is 19.8 Å². The van der Waals surface area contributed by atoms with Gasteiger partial charge in [-0.3, -0.25) is 4.57 Å². The average Bonchev–Trinajstić information content (AvgIpc) is 2.92. The summed E-state index contributed by atoms with van der Waals surface area (Å²) in [5.41, 5.74) is 4.55. The second-order valence-corrected chi connectivity index (χ2v) is 12.5. The maximum Gasteiger partial charge on any atom is 0.271 e. The molecule has 0 spiro atoms. The van der Waals surface area contributed by atoms with Crippen LogP contribution in [-0.2, 0) is 21.1 Å². The van der Waals surface area contributed by atoms with Crippen LogP contribution >= 0.6 is 7.14 Å². The lowest BCUT2D eigenvalue weighted by Gasteiger charge is -2.19. The Morgan fingerprint density at radius 2 is 1.31 bits per heavy atom. The molecule has 0 aromatic heterocycles. The summed E-state index contributed by atoms with van der Waals surface area (Å²) in [7, 11) is -5.89. The molecule has 5 nitrogen and oxygen atoms in total. The molecule has 0 saturated heterocycles. The molecule has 7 heteroatoms. The van der Waals surface area contributed by atoms with Gasteiger partial charge >= 0.3 is 0 Å². The van der Waals surface area contributed by atoms with Crippen molar-refractivity contribution in [1.29, 1.82) is 0 Å². The van der Waals surface area contributed by atoms with E-state index in [2.05, 4.69) is 11.7 Å². The highest BCUT2D eigenvalue weighted by atomic mass is 32.2. The van der Waals surface area contributed by atoms with Crippen molar-refractivity contribution >= 4 is 27.8 Å². The lowest BCUT2D eigenvalue weighted by Crippen LogP contribution is -2.26. The van der Waals surface area contributed by atoms with E-state index in [-0.39, 0.29) is 11.4 Å². The molecule has 0 saturated carbocycles. The molecule has 0 bridgehead atoms. The summed E-state index contributed by atoms with van der Waals surface area (Å²) in [4.78, 5) is 0.116. The molecule has 0 N–H and O–H groups in total. The number of sulfonamides is 1. The number of ether oxygens (including phenoxy) is 1. The van der Waals surface area contributed by atoms with Crippen LogP contribution in [0.4, 0.5) is 0 Å². The van der Waals surface area contributed by atoms with Gasteiger partial charge < -0.3 is 4.74 Å². The predicted octanol–water partition coefficient (Wildman–Crippen LogP) is 5.13. The molecule has 0 aliphatic heterocycles. The Hall–Kier alpha value is -3.78. The second-order valence-electron chi connectivity index (χ2n) is 8.18. The zero-order valence-corrected chi connectivity index (χ0v) is 21.7. The zero-order valence-electron chi connectivity index (χ0n) is 20.0. The normalized spacial score (nSPS) is 11.3. The summed E-state index contributed by atoms with van der Waals surface area (Å²) < 4.78 is 48.0. The van der Waals surface area contributed by atoms with E-state index in [0.717, 1.165) is 15.4 Å². The van der Waals surface area contributed by atoms with Crippen LogP contribution in [0.25, 0.3) is 0 Å². The van der Waals surface area contributed by atoms with Crippen LogP contribution < -0.4 is 15.3 Å². The number of nitrogens with zero attached hydrogens (tertiary/aromatic N) is 1. The maximum absolute atomic E-state index is 14.4. The van der Waals surface area contributed by atoms with Crippen LogP contribution in [0.1, 0.15) is 11.1 Å². The highest BCUT2D eigenvalue weighted by molar-refractivity contribution is 7.89. The molecular weight excluding hydrogens is 489 g/mol. The molecule has 0 heterocycles.